The van der Waals surface area contributed by atoms with Gasteiger partial charge in [0.25, 0.3) is 0 Å². The fourth-order valence-corrected chi connectivity index (χ4v) is 3.32. The molecule has 0 aliphatic heterocycles. The van der Waals surface area contributed by atoms with Crippen LogP contribution < -0.4 is 4.74 Å². The topological polar surface area (TPSA) is 29.5 Å². The van der Waals surface area contributed by atoms with Gasteiger partial charge in [0.2, 0.25) is 0 Å². The summed E-state index contributed by atoms with van der Waals surface area (Å²) < 4.78 is 6.59. The van der Waals surface area contributed by atoms with Gasteiger partial charge < -0.3 is 9.84 Å². The number of ether oxygens (including phenoxy) is 1. The molecule has 0 radical (unpaired) electrons. The van der Waals surface area contributed by atoms with E-state index >= 15 is 0 Å². The van der Waals surface area contributed by atoms with Crippen molar-refractivity contribution in [3.63, 3.8) is 0 Å². The Balaban J connectivity index is 2.08. The number of hydrogen-bond acceptors (Lipinski definition) is 3. The predicted octanol–water partition coefficient (Wildman–Crippen LogP) is 4.66. The van der Waals surface area contributed by atoms with Crippen LogP contribution in [0.1, 0.15) is 18.6 Å². The second-order valence-corrected chi connectivity index (χ2v) is 5.93. The standard InChI is InChI=1S/C13H12BrClO2S/c1-8(13(16)11-6-18-7-12(11)14)17-10-4-2-3-9(15)5-10/h2-8,13,16H,1H3. The molecule has 0 saturated heterocycles. The number of aliphatic hydroxyl groups excluding tert-OH is 1. The maximum atomic E-state index is 10.2. The van der Waals surface area contributed by atoms with E-state index < -0.39 is 6.10 Å². The minimum absolute atomic E-state index is 0.352. The van der Waals surface area contributed by atoms with E-state index in [0.29, 0.717) is 10.8 Å². The first-order chi connectivity index (χ1) is 8.58. The molecule has 2 nitrogen and oxygen atoms in total. The third-order valence-electron chi connectivity index (χ3n) is 2.52. The summed E-state index contributed by atoms with van der Waals surface area (Å²) in [4.78, 5) is 0. The molecule has 0 bridgehead atoms. The van der Waals surface area contributed by atoms with Gasteiger partial charge in [0.15, 0.2) is 0 Å². The molecule has 0 amide bonds. The summed E-state index contributed by atoms with van der Waals surface area (Å²) in [5.74, 6) is 0.653. The Morgan fingerprint density at radius 3 is 2.78 bits per heavy atom. The smallest absolute Gasteiger partial charge is 0.126 e. The number of thiophene rings is 1. The molecule has 1 aromatic carbocycles. The minimum atomic E-state index is -0.676. The highest BCUT2D eigenvalue weighted by Crippen LogP contribution is 2.31. The highest BCUT2D eigenvalue weighted by atomic mass is 79.9. The summed E-state index contributed by atoms with van der Waals surface area (Å²) in [7, 11) is 0. The second-order valence-electron chi connectivity index (χ2n) is 3.90. The molecule has 1 heterocycles. The maximum absolute atomic E-state index is 10.2. The maximum Gasteiger partial charge on any atom is 0.126 e. The predicted molar refractivity (Wildman–Crippen MR) is 78.5 cm³/mol. The van der Waals surface area contributed by atoms with Crippen molar-refractivity contribution in [3.05, 3.63) is 50.1 Å². The van der Waals surface area contributed by atoms with Crippen molar-refractivity contribution in [1.82, 2.24) is 0 Å². The van der Waals surface area contributed by atoms with Crippen LogP contribution in [0.4, 0.5) is 0 Å². The lowest BCUT2D eigenvalue weighted by molar-refractivity contribution is 0.0466. The van der Waals surface area contributed by atoms with Gasteiger partial charge in [-0.3, -0.25) is 0 Å². The molecule has 5 heteroatoms. The monoisotopic (exact) mass is 346 g/mol. The highest BCUT2D eigenvalue weighted by molar-refractivity contribution is 9.10. The summed E-state index contributed by atoms with van der Waals surface area (Å²) in [6, 6.07) is 7.15. The van der Waals surface area contributed by atoms with Crippen molar-refractivity contribution in [2.45, 2.75) is 19.1 Å². The molecule has 2 unspecified atom stereocenters. The lowest BCUT2D eigenvalue weighted by atomic mass is 10.1. The molecule has 0 spiro atoms. The molecule has 2 atom stereocenters. The van der Waals surface area contributed by atoms with E-state index in [1.54, 1.807) is 12.1 Å². The van der Waals surface area contributed by atoms with E-state index in [9.17, 15) is 5.11 Å². The highest BCUT2D eigenvalue weighted by Gasteiger charge is 2.21. The molecular formula is C13H12BrClO2S. The summed E-state index contributed by atoms with van der Waals surface area (Å²) in [6.07, 6.45) is -1.03. The Labute approximate surface area is 123 Å². The van der Waals surface area contributed by atoms with Crippen LogP contribution in [0.5, 0.6) is 5.75 Å². The molecule has 0 fully saturated rings. The van der Waals surface area contributed by atoms with Crippen LogP contribution in [0.25, 0.3) is 0 Å². The molecule has 96 valence electrons. The fourth-order valence-electron chi connectivity index (χ4n) is 1.57. The van der Waals surface area contributed by atoms with Gasteiger partial charge in [0.05, 0.1) is 0 Å². The lowest BCUT2D eigenvalue weighted by Crippen LogP contribution is -2.21. The minimum Gasteiger partial charge on any atom is -0.488 e. The number of hydrogen-bond donors (Lipinski definition) is 1. The van der Waals surface area contributed by atoms with Gasteiger partial charge in [0.1, 0.15) is 18.0 Å². The van der Waals surface area contributed by atoms with E-state index in [2.05, 4.69) is 15.9 Å². The van der Waals surface area contributed by atoms with Gasteiger partial charge in [-0.25, -0.2) is 0 Å². The Hall–Kier alpha value is -0.550. The largest absolute Gasteiger partial charge is 0.488 e. The first kappa shape index (κ1) is 13.9. The van der Waals surface area contributed by atoms with Gasteiger partial charge in [-0.05, 0) is 46.4 Å². The van der Waals surface area contributed by atoms with E-state index in [0.717, 1.165) is 10.0 Å². The number of rotatable bonds is 4. The van der Waals surface area contributed by atoms with Crippen LogP contribution >= 0.6 is 38.9 Å². The van der Waals surface area contributed by atoms with Crippen LogP contribution in [0, 0.1) is 0 Å². The number of benzene rings is 1. The molecule has 1 aromatic heterocycles. The zero-order valence-corrected chi connectivity index (χ0v) is 12.8. The van der Waals surface area contributed by atoms with Crippen LogP contribution in [0.15, 0.2) is 39.5 Å². The van der Waals surface area contributed by atoms with Gasteiger partial charge >= 0.3 is 0 Å². The van der Waals surface area contributed by atoms with Crippen molar-refractivity contribution in [1.29, 1.82) is 0 Å². The molecule has 2 aromatic rings. The summed E-state index contributed by atoms with van der Waals surface area (Å²) in [6.45, 7) is 1.83. The van der Waals surface area contributed by atoms with Crippen molar-refractivity contribution in [2.75, 3.05) is 0 Å². The molecule has 2 rings (SSSR count). The summed E-state index contributed by atoms with van der Waals surface area (Å²) in [5, 5.41) is 14.7. The normalized spacial score (nSPS) is 14.2. The molecule has 0 aliphatic carbocycles. The van der Waals surface area contributed by atoms with Crippen LogP contribution in [-0.4, -0.2) is 11.2 Å². The van der Waals surface area contributed by atoms with Crippen molar-refractivity contribution in [3.8, 4) is 5.75 Å². The molecule has 18 heavy (non-hydrogen) atoms. The van der Waals surface area contributed by atoms with Crippen LogP contribution in [-0.2, 0) is 0 Å². The van der Waals surface area contributed by atoms with Crippen LogP contribution in [0.3, 0.4) is 0 Å². The van der Waals surface area contributed by atoms with Gasteiger partial charge in [0, 0.05) is 20.4 Å². The van der Waals surface area contributed by atoms with E-state index in [-0.39, 0.29) is 6.10 Å². The van der Waals surface area contributed by atoms with Crippen LogP contribution in [0.2, 0.25) is 5.02 Å². The van der Waals surface area contributed by atoms with Gasteiger partial charge in [-0.1, -0.05) is 17.7 Å². The van der Waals surface area contributed by atoms with E-state index in [1.165, 1.54) is 11.3 Å². The molecule has 1 N–H and O–H groups in total. The SMILES string of the molecule is CC(Oc1cccc(Cl)c1)C(O)c1cscc1Br. The Kier molecular flexibility index (Phi) is 4.67. The third kappa shape index (κ3) is 3.26. The second kappa shape index (κ2) is 6.06. The third-order valence-corrected chi connectivity index (χ3v) is 4.51. The van der Waals surface area contributed by atoms with E-state index in [4.69, 9.17) is 16.3 Å². The molecule has 0 saturated carbocycles. The number of halogens is 2. The average molecular weight is 348 g/mol. The lowest BCUT2D eigenvalue weighted by Gasteiger charge is -2.20. The number of aliphatic hydroxyl groups is 1. The molecular weight excluding hydrogens is 336 g/mol. The fraction of sp³-hybridized carbons (Fsp3) is 0.231. The first-order valence-corrected chi connectivity index (χ1v) is 7.51. The van der Waals surface area contributed by atoms with Gasteiger partial charge in [-0.15, -0.1) is 0 Å². The van der Waals surface area contributed by atoms with Crippen molar-refractivity contribution in [2.24, 2.45) is 0 Å². The van der Waals surface area contributed by atoms with Gasteiger partial charge in [-0.2, -0.15) is 11.3 Å². The Morgan fingerprint density at radius 1 is 1.39 bits per heavy atom. The summed E-state index contributed by atoms with van der Waals surface area (Å²) >= 11 is 10.8. The van der Waals surface area contributed by atoms with Crippen molar-refractivity contribution < 1.29 is 9.84 Å². The summed E-state index contributed by atoms with van der Waals surface area (Å²) in [5.41, 5.74) is 0.842. The quantitative estimate of drug-likeness (QED) is 0.871. The molecule has 0 aliphatic rings. The van der Waals surface area contributed by atoms with E-state index in [1.807, 2.05) is 29.8 Å². The first-order valence-electron chi connectivity index (χ1n) is 5.40. The Bertz CT molecular complexity index is 529. The van der Waals surface area contributed by atoms with Crippen molar-refractivity contribution >= 4 is 38.9 Å². The average Bonchev–Trinajstić information content (AvgIpc) is 2.74. The Morgan fingerprint density at radius 2 is 2.17 bits per heavy atom. The zero-order valence-electron chi connectivity index (χ0n) is 9.64. The zero-order chi connectivity index (χ0) is 13.1.